The molecule has 0 spiro atoms. The molecule has 0 heterocycles. The van der Waals surface area contributed by atoms with Crippen molar-refractivity contribution in [2.24, 2.45) is 0 Å². The molecule has 1 aromatic rings. The van der Waals surface area contributed by atoms with Crippen molar-refractivity contribution in [3.8, 4) is 5.75 Å². The summed E-state index contributed by atoms with van der Waals surface area (Å²) < 4.78 is 5.62. The predicted molar refractivity (Wildman–Crippen MR) is 86.8 cm³/mol. The summed E-state index contributed by atoms with van der Waals surface area (Å²) in [6, 6.07) is 5.98. The summed E-state index contributed by atoms with van der Waals surface area (Å²) in [7, 11) is 0. The first-order valence-electron chi connectivity index (χ1n) is 8.24. The molecule has 1 amide bonds. The highest BCUT2D eigenvalue weighted by atomic mass is 16.5. The molecule has 22 heavy (non-hydrogen) atoms. The van der Waals surface area contributed by atoms with Gasteiger partial charge in [-0.2, -0.15) is 0 Å². The van der Waals surface area contributed by atoms with Crippen LogP contribution in [0.3, 0.4) is 0 Å². The Balaban J connectivity index is 1.90. The maximum absolute atomic E-state index is 12.1. The summed E-state index contributed by atoms with van der Waals surface area (Å²) in [5, 5.41) is 13.3. The molecule has 1 saturated carbocycles. The number of nitrogens with one attached hydrogen (secondary N) is 1. The second-order valence-corrected chi connectivity index (χ2v) is 6.28. The Morgan fingerprint density at radius 2 is 2.05 bits per heavy atom. The van der Waals surface area contributed by atoms with Crippen LogP contribution in [-0.4, -0.2) is 23.2 Å². The Hall–Kier alpha value is -1.55. The summed E-state index contributed by atoms with van der Waals surface area (Å²) in [4.78, 5) is 12.1. The number of amides is 1. The van der Waals surface area contributed by atoms with Crippen LogP contribution in [0.4, 0.5) is 0 Å². The van der Waals surface area contributed by atoms with Gasteiger partial charge in [-0.25, -0.2) is 0 Å². The summed E-state index contributed by atoms with van der Waals surface area (Å²) in [5.41, 5.74) is 1.30. The third kappa shape index (κ3) is 4.73. The van der Waals surface area contributed by atoms with Crippen LogP contribution >= 0.6 is 0 Å². The Labute approximate surface area is 132 Å². The van der Waals surface area contributed by atoms with Crippen LogP contribution in [0, 0.1) is 6.92 Å². The molecule has 0 atom stereocenters. The molecule has 0 bridgehead atoms. The van der Waals surface area contributed by atoms with Crippen molar-refractivity contribution in [3.63, 3.8) is 0 Å². The summed E-state index contributed by atoms with van der Waals surface area (Å²) >= 11 is 0. The zero-order valence-corrected chi connectivity index (χ0v) is 13.7. The minimum absolute atomic E-state index is 0.0903. The van der Waals surface area contributed by atoms with Crippen LogP contribution in [0.1, 0.15) is 56.6 Å². The van der Waals surface area contributed by atoms with Gasteiger partial charge in [0.05, 0.1) is 18.6 Å². The van der Waals surface area contributed by atoms with Crippen LogP contribution in [-0.2, 0) is 11.3 Å². The van der Waals surface area contributed by atoms with Crippen LogP contribution in [0.15, 0.2) is 18.2 Å². The van der Waals surface area contributed by atoms with Gasteiger partial charge in [0.15, 0.2) is 0 Å². The van der Waals surface area contributed by atoms with Crippen molar-refractivity contribution in [1.29, 1.82) is 0 Å². The lowest BCUT2D eigenvalue weighted by molar-refractivity contribution is -0.127. The summed E-state index contributed by atoms with van der Waals surface area (Å²) in [5.74, 6) is 0.728. The fourth-order valence-corrected chi connectivity index (χ4v) is 3.04. The minimum Gasteiger partial charge on any atom is -0.494 e. The molecule has 2 rings (SSSR count). The Kier molecular flexibility index (Phi) is 5.83. The van der Waals surface area contributed by atoms with Gasteiger partial charge in [0, 0.05) is 12.1 Å². The lowest BCUT2D eigenvalue weighted by Gasteiger charge is -2.31. The molecule has 4 nitrogen and oxygen atoms in total. The number of rotatable bonds is 6. The first-order valence-corrected chi connectivity index (χ1v) is 8.24. The SMILES string of the molecule is CCOc1cc(C)ccc1CNC(=O)CC1(O)CCCCC1. The highest BCUT2D eigenvalue weighted by Gasteiger charge is 2.31. The van der Waals surface area contributed by atoms with E-state index in [1.165, 1.54) is 0 Å². The van der Waals surface area contributed by atoms with Crippen molar-refractivity contribution < 1.29 is 14.6 Å². The third-order valence-electron chi connectivity index (χ3n) is 4.27. The van der Waals surface area contributed by atoms with Gasteiger partial charge < -0.3 is 15.2 Å². The molecule has 0 aliphatic heterocycles. The topological polar surface area (TPSA) is 58.6 Å². The molecule has 2 N–H and O–H groups in total. The number of ether oxygens (including phenoxy) is 1. The smallest absolute Gasteiger partial charge is 0.223 e. The lowest BCUT2D eigenvalue weighted by atomic mass is 9.82. The second kappa shape index (κ2) is 7.63. The van der Waals surface area contributed by atoms with Gasteiger partial charge in [-0.15, -0.1) is 0 Å². The standard InChI is InChI=1S/C18H27NO3/c1-3-22-16-11-14(2)7-8-15(16)13-19-17(20)12-18(21)9-5-4-6-10-18/h7-8,11,21H,3-6,9-10,12-13H2,1-2H3,(H,19,20). The van der Waals surface area contributed by atoms with E-state index in [0.717, 1.165) is 49.0 Å². The molecule has 0 radical (unpaired) electrons. The van der Waals surface area contributed by atoms with Gasteiger partial charge in [-0.05, 0) is 38.3 Å². The van der Waals surface area contributed by atoms with Crippen LogP contribution in [0.5, 0.6) is 5.75 Å². The number of carbonyl (C=O) groups is 1. The van der Waals surface area contributed by atoms with Crippen LogP contribution < -0.4 is 10.1 Å². The number of carbonyl (C=O) groups excluding carboxylic acids is 1. The first-order chi connectivity index (χ1) is 10.5. The number of benzene rings is 1. The molecule has 1 aromatic carbocycles. The fraction of sp³-hybridized carbons (Fsp3) is 0.611. The minimum atomic E-state index is -0.807. The second-order valence-electron chi connectivity index (χ2n) is 6.28. The normalized spacial score (nSPS) is 17.0. The zero-order valence-electron chi connectivity index (χ0n) is 13.7. The molecular formula is C18H27NO3. The van der Waals surface area contributed by atoms with E-state index in [1.54, 1.807) is 0 Å². The van der Waals surface area contributed by atoms with Gasteiger partial charge >= 0.3 is 0 Å². The predicted octanol–water partition coefficient (Wildman–Crippen LogP) is 3.10. The molecule has 122 valence electrons. The molecule has 0 saturated heterocycles. The summed E-state index contributed by atoms with van der Waals surface area (Å²) in [6.45, 7) is 5.00. The molecular weight excluding hydrogens is 278 g/mol. The van der Waals surface area contributed by atoms with Crippen molar-refractivity contribution >= 4 is 5.91 Å². The summed E-state index contributed by atoms with van der Waals surface area (Å²) in [6.07, 6.45) is 4.84. The molecule has 1 fully saturated rings. The molecule has 1 aliphatic carbocycles. The number of aliphatic hydroxyl groups is 1. The largest absolute Gasteiger partial charge is 0.494 e. The van der Waals surface area contributed by atoms with E-state index in [9.17, 15) is 9.90 Å². The van der Waals surface area contributed by atoms with E-state index in [4.69, 9.17) is 4.74 Å². The van der Waals surface area contributed by atoms with Gasteiger partial charge in [0.2, 0.25) is 5.91 Å². The highest BCUT2D eigenvalue weighted by molar-refractivity contribution is 5.77. The number of aryl methyl sites for hydroxylation is 1. The highest BCUT2D eigenvalue weighted by Crippen LogP contribution is 2.30. The van der Waals surface area contributed by atoms with Gasteiger partial charge in [-0.3, -0.25) is 4.79 Å². The first kappa shape index (κ1) is 16.8. The molecule has 0 unspecified atom stereocenters. The average molecular weight is 305 g/mol. The maximum atomic E-state index is 12.1. The van der Waals surface area contributed by atoms with Crippen molar-refractivity contribution in [1.82, 2.24) is 5.32 Å². The van der Waals surface area contributed by atoms with Crippen molar-refractivity contribution in [3.05, 3.63) is 29.3 Å². The number of hydrogen-bond donors (Lipinski definition) is 2. The van der Waals surface area contributed by atoms with E-state index in [-0.39, 0.29) is 12.3 Å². The monoisotopic (exact) mass is 305 g/mol. The fourth-order valence-electron chi connectivity index (χ4n) is 3.04. The van der Waals surface area contributed by atoms with Crippen molar-refractivity contribution in [2.75, 3.05) is 6.61 Å². The van der Waals surface area contributed by atoms with E-state index in [0.29, 0.717) is 13.2 Å². The zero-order chi connectivity index (χ0) is 16.0. The van der Waals surface area contributed by atoms with Gasteiger partial charge in [0.1, 0.15) is 5.75 Å². The molecule has 4 heteroatoms. The van der Waals surface area contributed by atoms with E-state index in [2.05, 4.69) is 5.32 Å². The Bertz CT molecular complexity index is 507. The Morgan fingerprint density at radius 1 is 1.32 bits per heavy atom. The lowest BCUT2D eigenvalue weighted by Crippen LogP contribution is -2.38. The van der Waals surface area contributed by atoms with E-state index >= 15 is 0 Å². The molecule has 0 aromatic heterocycles. The van der Waals surface area contributed by atoms with Crippen LogP contribution in [0.2, 0.25) is 0 Å². The Morgan fingerprint density at radius 3 is 2.73 bits per heavy atom. The third-order valence-corrected chi connectivity index (χ3v) is 4.27. The van der Waals surface area contributed by atoms with Crippen molar-refractivity contribution in [2.45, 2.75) is 64.5 Å². The van der Waals surface area contributed by atoms with E-state index < -0.39 is 5.60 Å². The van der Waals surface area contributed by atoms with Crippen LogP contribution in [0.25, 0.3) is 0 Å². The quantitative estimate of drug-likeness (QED) is 0.849. The van der Waals surface area contributed by atoms with Gasteiger partial charge in [0.25, 0.3) is 0 Å². The maximum Gasteiger partial charge on any atom is 0.223 e. The van der Waals surface area contributed by atoms with Gasteiger partial charge in [-0.1, -0.05) is 31.4 Å². The molecule has 1 aliphatic rings. The van der Waals surface area contributed by atoms with E-state index in [1.807, 2.05) is 32.0 Å². The number of hydrogen-bond acceptors (Lipinski definition) is 3. The average Bonchev–Trinajstić information content (AvgIpc) is 2.47.